The lowest BCUT2D eigenvalue weighted by atomic mass is 10.0. The number of nitrogens with zero attached hydrogens (tertiary/aromatic N) is 6. The van der Waals surface area contributed by atoms with Crippen molar-refractivity contribution in [3.8, 4) is 0 Å². The van der Waals surface area contributed by atoms with E-state index < -0.39 is 40.8 Å². The van der Waals surface area contributed by atoms with Crippen molar-refractivity contribution in [2.45, 2.75) is 36.0 Å². The topological polar surface area (TPSA) is 218 Å². The minimum atomic E-state index is -1.76. The molecule has 0 aromatic carbocycles. The standard InChI is InChI=1S/C25H27N9O7S3/c1-25(2,22(39)40)41-31-15(12-8-28-23(26)44-12)18(35)30-16-19(36)34-17(21(37)38)11(9-42-20(16)34)10-43-24-29-13(27-3)7-14-32(4)5-6-33(14)24/h5-8,16,20H,9-10H2,1-4H3,(H5,26,28,30,31,35,37,38,39,40)/p+1. The second kappa shape index (κ2) is 12.0. The average Bonchev–Trinajstić information content (AvgIpc) is 3.58. The first-order valence-electron chi connectivity index (χ1n) is 12.9. The number of thioether (sulfide) groups is 2. The molecule has 2 aliphatic heterocycles. The van der Waals surface area contributed by atoms with Gasteiger partial charge in [-0.25, -0.2) is 19.1 Å². The first kappa shape index (κ1) is 31.1. The van der Waals surface area contributed by atoms with E-state index in [1.165, 1.54) is 48.5 Å². The van der Waals surface area contributed by atoms with Crippen LogP contribution in [0.25, 0.3) is 5.65 Å². The van der Waals surface area contributed by atoms with Crippen LogP contribution in [0, 0.1) is 0 Å². The van der Waals surface area contributed by atoms with Gasteiger partial charge in [0.15, 0.2) is 10.8 Å². The summed E-state index contributed by atoms with van der Waals surface area (Å²) >= 11 is 3.58. The number of carboxylic acid groups (broad SMARTS) is 2. The first-order chi connectivity index (χ1) is 20.8. The van der Waals surface area contributed by atoms with E-state index in [9.17, 15) is 29.4 Å². The van der Waals surface area contributed by atoms with Gasteiger partial charge in [-0.3, -0.25) is 14.5 Å². The molecule has 1 saturated heterocycles. The predicted octanol–water partition coefficient (Wildman–Crippen LogP) is 0.354. The van der Waals surface area contributed by atoms with Crippen LogP contribution in [-0.2, 0) is 31.1 Å². The van der Waals surface area contributed by atoms with Gasteiger partial charge in [0.25, 0.3) is 22.6 Å². The number of hydrogen-bond acceptors (Lipinski definition) is 13. The number of imidazole rings is 1. The largest absolute Gasteiger partial charge is 0.478 e. The number of fused-ring (bicyclic) bond motifs is 2. The predicted molar refractivity (Wildman–Crippen MR) is 162 cm³/mol. The van der Waals surface area contributed by atoms with Crippen LogP contribution in [0.2, 0.25) is 0 Å². The third-order valence-corrected chi connectivity index (χ3v) is 9.97. The van der Waals surface area contributed by atoms with Gasteiger partial charge < -0.3 is 31.4 Å². The Kier molecular flexibility index (Phi) is 8.45. The maximum atomic E-state index is 13.3. The molecule has 2 aliphatic rings. The number of β-lactam (4-membered cyclic amide) rings is 1. The summed E-state index contributed by atoms with van der Waals surface area (Å²) in [6, 6.07) is 0.826. The van der Waals surface area contributed by atoms with Crippen molar-refractivity contribution in [1.29, 1.82) is 0 Å². The first-order valence-corrected chi connectivity index (χ1v) is 15.8. The fourth-order valence-corrected chi connectivity index (χ4v) is 7.45. The quantitative estimate of drug-likeness (QED) is 0.0468. The number of aromatic nitrogens is 4. The molecule has 2 unspecified atom stereocenters. The summed E-state index contributed by atoms with van der Waals surface area (Å²) in [5.41, 5.74) is 4.91. The zero-order valence-corrected chi connectivity index (χ0v) is 26.2. The number of aryl methyl sites for hydroxylation is 1. The lowest BCUT2D eigenvalue weighted by molar-refractivity contribution is -0.644. The van der Waals surface area contributed by atoms with Crippen LogP contribution >= 0.6 is 34.9 Å². The van der Waals surface area contributed by atoms with E-state index in [0.29, 0.717) is 22.3 Å². The summed E-state index contributed by atoms with van der Waals surface area (Å²) in [5.74, 6) is -2.81. The van der Waals surface area contributed by atoms with Crippen molar-refractivity contribution in [2.24, 2.45) is 12.2 Å². The summed E-state index contributed by atoms with van der Waals surface area (Å²) < 4.78 is 3.82. The Morgan fingerprint density at radius 2 is 2.09 bits per heavy atom. The van der Waals surface area contributed by atoms with Gasteiger partial charge >= 0.3 is 11.9 Å². The number of anilines is 2. The number of oxime groups is 1. The molecule has 0 saturated carbocycles. The average molecular weight is 663 g/mol. The van der Waals surface area contributed by atoms with Crippen LogP contribution in [0.4, 0.5) is 10.9 Å². The molecule has 0 spiro atoms. The van der Waals surface area contributed by atoms with E-state index in [1.807, 2.05) is 34.5 Å². The molecule has 19 heteroatoms. The fraction of sp³-hybridized carbons (Fsp3) is 0.360. The Morgan fingerprint density at radius 3 is 2.73 bits per heavy atom. The second-order valence-electron chi connectivity index (χ2n) is 10.1. The molecule has 3 aromatic rings. The Hall–Kier alpha value is -4.36. The van der Waals surface area contributed by atoms with Crippen molar-refractivity contribution in [2.75, 3.05) is 29.6 Å². The summed E-state index contributed by atoms with van der Waals surface area (Å²) in [5, 5.41) is 28.9. The number of carbonyl (C=O) groups excluding carboxylic acids is 2. The van der Waals surface area contributed by atoms with Crippen molar-refractivity contribution >= 4 is 80.9 Å². The van der Waals surface area contributed by atoms with Gasteiger partial charge in [0.2, 0.25) is 5.60 Å². The molecule has 16 nitrogen and oxygen atoms in total. The molecule has 232 valence electrons. The number of rotatable bonds is 11. The molecule has 0 radical (unpaired) electrons. The molecule has 1 fully saturated rings. The lowest BCUT2D eigenvalue weighted by Gasteiger charge is -2.49. The van der Waals surface area contributed by atoms with E-state index in [2.05, 4.69) is 25.8 Å². The van der Waals surface area contributed by atoms with E-state index in [0.717, 1.165) is 17.0 Å². The molecule has 0 aliphatic carbocycles. The van der Waals surface area contributed by atoms with Gasteiger partial charge in [0, 0.05) is 24.8 Å². The van der Waals surface area contributed by atoms with Crippen molar-refractivity contribution in [1.82, 2.24) is 24.6 Å². The number of nitrogens with one attached hydrogen (secondary N) is 2. The van der Waals surface area contributed by atoms with Gasteiger partial charge in [0.05, 0.1) is 18.0 Å². The third kappa shape index (κ3) is 5.76. The molecular formula is C25H28N9O7S3+. The highest BCUT2D eigenvalue weighted by molar-refractivity contribution is 8.01. The summed E-state index contributed by atoms with van der Waals surface area (Å²) in [6.45, 7) is 2.51. The number of nitrogens with two attached hydrogens (primary N) is 1. The molecule has 44 heavy (non-hydrogen) atoms. The Labute approximate surface area is 262 Å². The van der Waals surface area contributed by atoms with E-state index in [-0.39, 0.29) is 27.2 Å². The Balaban J connectivity index is 1.35. The van der Waals surface area contributed by atoms with Crippen LogP contribution in [0.3, 0.4) is 0 Å². The molecule has 5 heterocycles. The molecule has 2 amide bonds. The van der Waals surface area contributed by atoms with Gasteiger partial charge in [-0.15, -0.1) is 11.8 Å². The maximum Gasteiger partial charge on any atom is 0.352 e. The van der Waals surface area contributed by atoms with Crippen LogP contribution in [-0.4, -0.2) is 94.5 Å². The van der Waals surface area contributed by atoms with E-state index in [1.54, 1.807) is 7.05 Å². The number of carboxylic acids is 2. The summed E-state index contributed by atoms with van der Waals surface area (Å²) in [7, 11) is 3.66. The minimum absolute atomic E-state index is 0.132. The van der Waals surface area contributed by atoms with Crippen molar-refractivity contribution in [3.05, 3.63) is 40.8 Å². The molecule has 5 rings (SSSR count). The Bertz CT molecular complexity index is 1750. The molecule has 0 bridgehead atoms. The zero-order chi connectivity index (χ0) is 31.9. The number of nitrogen functional groups attached to an aromatic ring is 1. The van der Waals surface area contributed by atoms with Gasteiger partial charge in [-0.05, 0) is 19.4 Å². The van der Waals surface area contributed by atoms with Gasteiger partial charge in [-0.2, -0.15) is 9.38 Å². The monoisotopic (exact) mass is 662 g/mol. The highest BCUT2D eigenvalue weighted by atomic mass is 32.2. The second-order valence-corrected chi connectivity index (χ2v) is 13.2. The molecular weight excluding hydrogens is 635 g/mol. The smallest absolute Gasteiger partial charge is 0.352 e. The normalized spacial score (nSPS) is 18.6. The van der Waals surface area contributed by atoms with Crippen LogP contribution < -0.4 is 20.9 Å². The summed E-state index contributed by atoms with van der Waals surface area (Å²) in [6.07, 6.45) is 5.02. The van der Waals surface area contributed by atoms with Gasteiger partial charge in [-0.1, -0.05) is 28.3 Å². The number of hydrogen-bond donors (Lipinski definition) is 5. The van der Waals surface area contributed by atoms with E-state index >= 15 is 0 Å². The Morgan fingerprint density at radius 1 is 1.34 bits per heavy atom. The number of aliphatic carboxylic acids is 2. The van der Waals surface area contributed by atoms with Crippen molar-refractivity contribution < 1.29 is 38.8 Å². The van der Waals surface area contributed by atoms with Crippen molar-refractivity contribution in [3.63, 3.8) is 0 Å². The molecule has 2 atom stereocenters. The van der Waals surface area contributed by atoms with Crippen LogP contribution in [0.5, 0.6) is 0 Å². The minimum Gasteiger partial charge on any atom is -0.478 e. The summed E-state index contributed by atoms with van der Waals surface area (Å²) in [4.78, 5) is 65.5. The maximum absolute atomic E-state index is 13.3. The lowest BCUT2D eigenvalue weighted by Crippen LogP contribution is -2.71. The SMILES string of the molecule is CNc1cc2n(cc[n+]2C)c(SCC2=C(C(=O)O)N3C(=O)C(NC(=O)/C(=N\OC(C)(C)C(=O)O)c4cnc(N)s4)C3SC2)n1. The van der Waals surface area contributed by atoms with E-state index in [4.69, 9.17) is 10.6 Å². The van der Waals surface area contributed by atoms with Crippen LogP contribution in [0.15, 0.2) is 46.2 Å². The number of amides is 2. The zero-order valence-electron chi connectivity index (χ0n) is 23.8. The van der Waals surface area contributed by atoms with Crippen LogP contribution in [0.1, 0.15) is 18.7 Å². The highest BCUT2D eigenvalue weighted by Crippen LogP contribution is 2.41. The fourth-order valence-electron chi connectivity index (χ4n) is 4.31. The molecule has 6 N–H and O–H groups in total. The molecule has 3 aromatic heterocycles. The number of carbonyl (C=O) groups is 4. The number of thiazole rings is 1. The highest BCUT2D eigenvalue weighted by Gasteiger charge is 2.54. The third-order valence-electron chi connectivity index (χ3n) is 6.76. The van der Waals surface area contributed by atoms with Gasteiger partial charge in [0.1, 0.15) is 35.3 Å².